The predicted molar refractivity (Wildman–Crippen MR) is 150 cm³/mol. The summed E-state index contributed by atoms with van der Waals surface area (Å²) in [6, 6.07) is 1.17. The maximum atomic E-state index is 14.4. The molecule has 3 aliphatic heterocycles. The van der Waals surface area contributed by atoms with Crippen LogP contribution in [0.25, 0.3) is 5.52 Å². The van der Waals surface area contributed by atoms with Gasteiger partial charge in [-0.1, -0.05) is 31.6 Å². The third kappa shape index (κ3) is 4.75. The molecule has 2 bridgehead atoms. The van der Waals surface area contributed by atoms with Crippen LogP contribution < -0.4 is 15.9 Å². The van der Waals surface area contributed by atoms with Gasteiger partial charge in [0.25, 0.3) is 6.67 Å². The first-order chi connectivity index (χ1) is 19.7. The molecule has 0 aromatic carbocycles. The van der Waals surface area contributed by atoms with Crippen LogP contribution in [0.3, 0.4) is 0 Å². The predicted octanol–water partition coefficient (Wildman–Crippen LogP) is 4.98. The van der Waals surface area contributed by atoms with E-state index < -0.39 is 23.5 Å². The molecule has 8 nitrogen and oxygen atoms in total. The molecule has 0 spiro atoms. The highest BCUT2D eigenvalue weighted by Crippen LogP contribution is 2.42. The van der Waals surface area contributed by atoms with Crippen LogP contribution in [0.4, 0.5) is 18.9 Å². The van der Waals surface area contributed by atoms with Gasteiger partial charge in [0.05, 0.1) is 40.9 Å². The zero-order valence-electron chi connectivity index (χ0n) is 23.3. The summed E-state index contributed by atoms with van der Waals surface area (Å²) < 4.78 is 47.8. The Morgan fingerprint density at radius 2 is 1.90 bits per heavy atom. The molecule has 2 aromatic rings. The minimum absolute atomic E-state index is 0.0173. The van der Waals surface area contributed by atoms with E-state index in [1.165, 1.54) is 21.2 Å². The Kier molecular flexibility index (Phi) is 6.48. The van der Waals surface area contributed by atoms with Crippen LogP contribution in [0.1, 0.15) is 50.6 Å². The van der Waals surface area contributed by atoms with Crippen molar-refractivity contribution in [1.29, 1.82) is 0 Å². The van der Waals surface area contributed by atoms with Crippen LogP contribution in [-0.4, -0.2) is 51.6 Å². The van der Waals surface area contributed by atoms with Crippen molar-refractivity contribution < 1.29 is 17.7 Å². The molecule has 5 heterocycles. The minimum Gasteiger partial charge on any atom is -0.367 e. The molecular weight excluding hydrogens is 531 g/mol. The number of hydrogen-bond acceptors (Lipinski definition) is 5. The second kappa shape index (κ2) is 9.96. The maximum Gasteiger partial charge on any atom is 0.418 e. The van der Waals surface area contributed by atoms with Crippen LogP contribution in [-0.2, 0) is 6.18 Å². The third-order valence-electron chi connectivity index (χ3n) is 9.46. The second-order valence-electron chi connectivity index (χ2n) is 12.4. The Bertz CT molecular complexity index is 1530. The second-order valence-corrected chi connectivity index (χ2v) is 12.4. The zero-order valence-corrected chi connectivity index (χ0v) is 23.3. The van der Waals surface area contributed by atoms with Crippen LogP contribution in [0.5, 0.6) is 0 Å². The van der Waals surface area contributed by atoms with Gasteiger partial charge in [0.15, 0.2) is 0 Å². The van der Waals surface area contributed by atoms with Crippen molar-refractivity contribution in [2.24, 2.45) is 28.0 Å². The van der Waals surface area contributed by atoms with Crippen LogP contribution in [0.2, 0.25) is 0 Å². The Hall–Kier alpha value is -3.21. The number of azo groups is 1. The summed E-state index contributed by atoms with van der Waals surface area (Å²) in [4.78, 5) is 15.8. The van der Waals surface area contributed by atoms with E-state index in [2.05, 4.69) is 22.5 Å². The molecule has 5 aliphatic rings. The molecule has 3 unspecified atom stereocenters. The van der Waals surface area contributed by atoms with Crippen molar-refractivity contribution in [2.75, 3.05) is 25.0 Å². The number of fused-ring (bicyclic) bond motifs is 3. The van der Waals surface area contributed by atoms with Crippen LogP contribution in [0, 0.1) is 30.8 Å². The first kappa shape index (κ1) is 26.7. The Balaban J connectivity index is 1.24. The van der Waals surface area contributed by atoms with Gasteiger partial charge in [-0.25, -0.2) is 9.37 Å². The van der Waals surface area contributed by atoms with Crippen molar-refractivity contribution in [3.8, 4) is 0 Å². The first-order valence-corrected chi connectivity index (χ1v) is 14.6. The fourth-order valence-corrected chi connectivity index (χ4v) is 7.36. The largest absolute Gasteiger partial charge is 0.418 e. The molecule has 4 atom stereocenters. The standard InChI is InChI=1S/C30H35F3N7O/c1-18-9-21-13-38(14-22(10-18)35-21)24-12-25(30(31,32)33)26-16-39(29(41)40(26)15-24)23-8-4-7-20(11-23)27(19-5-3-6-19)28-36-34-17-37(28)2/h4,7-8,11-12,15-19,21-23,27,35H,3,5-6,9-10,13-14H2,1-2H3/q+1/t18?,21?,22?,23?,27-/m1/s1. The van der Waals surface area contributed by atoms with E-state index in [-0.39, 0.29) is 23.5 Å². The molecule has 41 heavy (non-hydrogen) atoms. The molecule has 1 saturated carbocycles. The number of alkyl halides is 3. The topological polar surface area (TPSA) is 69.4 Å². The van der Waals surface area contributed by atoms with Gasteiger partial charge in [0.1, 0.15) is 0 Å². The van der Waals surface area contributed by atoms with Crippen molar-refractivity contribution in [3.05, 3.63) is 71.4 Å². The summed E-state index contributed by atoms with van der Waals surface area (Å²) in [5, 5.41) is 12.1. The Morgan fingerprint density at radius 1 is 1.15 bits per heavy atom. The van der Waals surface area contributed by atoms with E-state index in [0.29, 0.717) is 30.6 Å². The number of halogens is 3. The number of hydrogen-bond donors (Lipinski definition) is 1. The molecular formula is C30H35F3N7O+. The normalized spacial score (nSPS) is 29.3. The van der Waals surface area contributed by atoms with E-state index in [4.69, 9.17) is 0 Å². The van der Waals surface area contributed by atoms with E-state index in [1.807, 2.05) is 41.2 Å². The van der Waals surface area contributed by atoms with Crippen molar-refractivity contribution in [2.45, 2.75) is 63.3 Å². The number of piperidine rings is 1. The minimum atomic E-state index is -4.60. The van der Waals surface area contributed by atoms with Crippen molar-refractivity contribution in [1.82, 2.24) is 14.3 Å². The molecule has 7 rings (SSSR count). The number of aromatic nitrogens is 2. The number of imidazole rings is 1. The number of anilines is 1. The van der Waals surface area contributed by atoms with Gasteiger partial charge in [0, 0.05) is 44.0 Å². The average Bonchev–Trinajstić information content (AvgIpc) is 3.47. The number of allylic oxidation sites excluding steroid dienone is 3. The van der Waals surface area contributed by atoms with Gasteiger partial charge >= 0.3 is 17.7 Å². The number of piperazine rings is 1. The third-order valence-corrected chi connectivity index (χ3v) is 9.46. The number of nitrogens with one attached hydrogen (secondary N) is 1. The monoisotopic (exact) mass is 566 g/mol. The number of amidine groups is 1. The molecule has 11 heteroatoms. The first-order valence-electron chi connectivity index (χ1n) is 14.6. The summed E-state index contributed by atoms with van der Waals surface area (Å²) in [5.41, 5.74) is 0.0507. The van der Waals surface area contributed by atoms with E-state index in [1.54, 1.807) is 12.9 Å². The highest BCUT2D eigenvalue weighted by molar-refractivity contribution is 5.85. The van der Waals surface area contributed by atoms with Gasteiger partial charge in [-0.15, -0.1) is 0 Å². The summed E-state index contributed by atoms with van der Waals surface area (Å²) in [6.07, 6.45) is 11.4. The summed E-state index contributed by atoms with van der Waals surface area (Å²) in [5.74, 6) is 1.89. The van der Waals surface area contributed by atoms with Crippen molar-refractivity contribution in [3.63, 3.8) is 0 Å². The quantitative estimate of drug-likeness (QED) is 0.519. The lowest BCUT2D eigenvalue weighted by molar-refractivity contribution is -0.452. The summed E-state index contributed by atoms with van der Waals surface area (Å²) >= 11 is 0. The SMILES string of the molecule is CC1CC2CN(c3cc(C(F)(F)F)c4cn(C5[CH]C([C@H](C6=[N+](C)[CH]N=N6)C6CCC6)=CC=C5)c(=O)n4c3)CC(C1)N2. The molecule has 216 valence electrons. The van der Waals surface area contributed by atoms with Gasteiger partial charge in [0.2, 0.25) is 0 Å². The lowest BCUT2D eigenvalue weighted by Crippen LogP contribution is -2.60. The van der Waals surface area contributed by atoms with Gasteiger partial charge < -0.3 is 10.2 Å². The molecule has 2 aliphatic carbocycles. The molecule has 3 fully saturated rings. The lowest BCUT2D eigenvalue weighted by atomic mass is 9.70. The number of pyridine rings is 1. The highest BCUT2D eigenvalue weighted by Gasteiger charge is 2.42. The molecule has 2 saturated heterocycles. The molecule has 2 radical (unpaired) electrons. The smallest absolute Gasteiger partial charge is 0.367 e. The van der Waals surface area contributed by atoms with Gasteiger partial charge in [-0.2, -0.15) is 13.2 Å². The van der Waals surface area contributed by atoms with E-state index >= 15 is 0 Å². The lowest BCUT2D eigenvalue weighted by Gasteiger charge is -2.45. The molecule has 0 amide bonds. The fraction of sp³-hybridized carbons (Fsp3) is 0.533. The Morgan fingerprint density at radius 3 is 2.54 bits per heavy atom. The average molecular weight is 567 g/mol. The molecule has 2 aromatic heterocycles. The molecule has 1 N–H and O–H groups in total. The maximum absolute atomic E-state index is 14.4. The van der Waals surface area contributed by atoms with Gasteiger partial charge in [-0.05, 0) is 54.3 Å². The summed E-state index contributed by atoms with van der Waals surface area (Å²) in [6.45, 7) is 5.16. The Labute approximate surface area is 236 Å². The van der Waals surface area contributed by atoms with Gasteiger partial charge in [-0.3, -0.25) is 8.97 Å². The summed E-state index contributed by atoms with van der Waals surface area (Å²) in [7, 11) is 1.92. The highest BCUT2D eigenvalue weighted by atomic mass is 19.4. The van der Waals surface area contributed by atoms with Crippen molar-refractivity contribution >= 4 is 17.0 Å². The fourth-order valence-electron chi connectivity index (χ4n) is 7.36. The van der Waals surface area contributed by atoms with Crippen LogP contribution >= 0.6 is 0 Å². The number of rotatable bonds is 5. The zero-order chi connectivity index (χ0) is 28.5. The van der Waals surface area contributed by atoms with E-state index in [9.17, 15) is 18.0 Å². The number of nitrogens with zero attached hydrogens (tertiary/aromatic N) is 6. The van der Waals surface area contributed by atoms with E-state index in [0.717, 1.165) is 43.5 Å². The van der Waals surface area contributed by atoms with Crippen LogP contribution in [0.15, 0.2) is 57.3 Å².